The van der Waals surface area contributed by atoms with Gasteiger partial charge < -0.3 is 19.6 Å². The van der Waals surface area contributed by atoms with Crippen molar-refractivity contribution in [3.05, 3.63) is 57.8 Å². The summed E-state index contributed by atoms with van der Waals surface area (Å²) in [6, 6.07) is 8.31. The maximum absolute atomic E-state index is 12.7. The van der Waals surface area contributed by atoms with Gasteiger partial charge in [0.2, 0.25) is 5.71 Å². The van der Waals surface area contributed by atoms with E-state index in [-0.39, 0.29) is 28.1 Å². The lowest BCUT2D eigenvalue weighted by molar-refractivity contribution is 0.0947. The van der Waals surface area contributed by atoms with Gasteiger partial charge in [0.1, 0.15) is 11.1 Å². The van der Waals surface area contributed by atoms with E-state index < -0.39 is 0 Å². The highest BCUT2D eigenvalue weighted by molar-refractivity contribution is 6.06. The number of H-pyrrole nitrogens is 1. The molecule has 1 aromatic carbocycles. The number of carbonyl (C=O) groups excluding carboxylic acids is 1. The zero-order valence-electron chi connectivity index (χ0n) is 14.7. The Hall–Kier alpha value is -3.09. The molecule has 0 saturated heterocycles. The number of aromatic amines is 1. The Labute approximate surface area is 150 Å². The zero-order chi connectivity index (χ0) is 18.3. The molecule has 0 saturated carbocycles. The summed E-state index contributed by atoms with van der Waals surface area (Å²) in [4.78, 5) is 33.4. The molecule has 3 aromatic rings. The SMILES string of the molecule is Cc1oc2nc[nH]c(=O)c2c1C(=O)NCC1Cc2ccccc2N(C)C1. The Kier molecular flexibility index (Phi) is 3.99. The van der Waals surface area contributed by atoms with Crippen LogP contribution in [-0.2, 0) is 6.42 Å². The van der Waals surface area contributed by atoms with Crippen molar-refractivity contribution in [3.63, 3.8) is 0 Å². The second kappa shape index (κ2) is 6.33. The summed E-state index contributed by atoms with van der Waals surface area (Å²) in [6.45, 7) is 3.06. The Morgan fingerprint density at radius 1 is 1.42 bits per heavy atom. The van der Waals surface area contributed by atoms with E-state index in [1.54, 1.807) is 6.92 Å². The molecule has 0 aliphatic carbocycles. The minimum absolute atomic E-state index is 0.183. The minimum Gasteiger partial charge on any atom is -0.442 e. The van der Waals surface area contributed by atoms with E-state index in [0.717, 1.165) is 13.0 Å². The van der Waals surface area contributed by atoms with Crippen molar-refractivity contribution in [3.8, 4) is 0 Å². The molecule has 2 aromatic heterocycles. The minimum atomic E-state index is -0.372. The van der Waals surface area contributed by atoms with Crippen LogP contribution in [0.4, 0.5) is 5.69 Å². The Morgan fingerprint density at radius 2 is 2.23 bits per heavy atom. The number of rotatable bonds is 3. The number of carbonyl (C=O) groups is 1. The molecule has 2 N–H and O–H groups in total. The Bertz CT molecular complexity index is 1040. The molecule has 0 radical (unpaired) electrons. The van der Waals surface area contributed by atoms with Crippen LogP contribution in [0.2, 0.25) is 0 Å². The zero-order valence-corrected chi connectivity index (χ0v) is 14.7. The van der Waals surface area contributed by atoms with Crippen LogP contribution in [0.25, 0.3) is 11.1 Å². The van der Waals surface area contributed by atoms with Crippen molar-refractivity contribution in [2.24, 2.45) is 5.92 Å². The quantitative estimate of drug-likeness (QED) is 0.751. The van der Waals surface area contributed by atoms with Crippen LogP contribution in [0.15, 0.2) is 39.8 Å². The summed E-state index contributed by atoms with van der Waals surface area (Å²) >= 11 is 0. The number of amides is 1. The monoisotopic (exact) mass is 352 g/mol. The summed E-state index contributed by atoms with van der Waals surface area (Å²) in [5, 5.41) is 3.16. The average molecular weight is 352 g/mol. The molecule has 0 fully saturated rings. The van der Waals surface area contributed by atoms with Gasteiger partial charge in [-0.05, 0) is 30.9 Å². The second-order valence-electron chi connectivity index (χ2n) is 6.73. The van der Waals surface area contributed by atoms with Crippen molar-refractivity contribution in [1.82, 2.24) is 15.3 Å². The fourth-order valence-corrected chi connectivity index (χ4v) is 3.71. The van der Waals surface area contributed by atoms with Crippen molar-refractivity contribution in [1.29, 1.82) is 0 Å². The van der Waals surface area contributed by atoms with E-state index in [1.807, 2.05) is 12.1 Å². The number of nitrogens with one attached hydrogen (secondary N) is 2. The van der Waals surface area contributed by atoms with Crippen LogP contribution in [0.5, 0.6) is 0 Å². The van der Waals surface area contributed by atoms with Gasteiger partial charge in [-0.25, -0.2) is 4.98 Å². The predicted molar refractivity (Wildman–Crippen MR) is 98.6 cm³/mol. The van der Waals surface area contributed by atoms with Crippen LogP contribution in [0.1, 0.15) is 21.7 Å². The maximum atomic E-state index is 12.7. The normalized spacial score (nSPS) is 16.5. The lowest BCUT2D eigenvalue weighted by Crippen LogP contribution is -2.39. The van der Waals surface area contributed by atoms with Crippen molar-refractivity contribution < 1.29 is 9.21 Å². The molecule has 26 heavy (non-hydrogen) atoms. The Morgan fingerprint density at radius 3 is 3.08 bits per heavy atom. The van der Waals surface area contributed by atoms with Gasteiger partial charge in [0, 0.05) is 25.8 Å². The van der Waals surface area contributed by atoms with E-state index in [0.29, 0.717) is 18.2 Å². The van der Waals surface area contributed by atoms with Crippen LogP contribution in [-0.4, -0.2) is 36.0 Å². The highest BCUT2D eigenvalue weighted by atomic mass is 16.3. The summed E-state index contributed by atoms with van der Waals surface area (Å²) < 4.78 is 5.46. The smallest absolute Gasteiger partial charge is 0.262 e. The lowest BCUT2D eigenvalue weighted by Gasteiger charge is -2.33. The number of aryl methyl sites for hydroxylation is 1. The molecule has 4 rings (SSSR count). The molecule has 7 heteroatoms. The molecule has 1 unspecified atom stereocenters. The number of hydrogen-bond donors (Lipinski definition) is 2. The van der Waals surface area contributed by atoms with Gasteiger partial charge >= 0.3 is 0 Å². The van der Waals surface area contributed by atoms with Gasteiger partial charge in [-0.2, -0.15) is 0 Å². The highest BCUT2D eigenvalue weighted by Crippen LogP contribution is 2.28. The van der Waals surface area contributed by atoms with Gasteiger partial charge in [-0.15, -0.1) is 0 Å². The van der Waals surface area contributed by atoms with Crippen LogP contribution < -0.4 is 15.8 Å². The first-order valence-corrected chi connectivity index (χ1v) is 8.58. The van der Waals surface area contributed by atoms with E-state index in [2.05, 4.69) is 39.4 Å². The van der Waals surface area contributed by atoms with Gasteiger partial charge in [0.05, 0.1) is 11.9 Å². The largest absolute Gasteiger partial charge is 0.442 e. The number of fused-ring (bicyclic) bond motifs is 2. The molecule has 3 heterocycles. The number of benzene rings is 1. The number of anilines is 1. The Balaban J connectivity index is 1.52. The molecule has 0 spiro atoms. The van der Waals surface area contributed by atoms with Crippen molar-refractivity contribution in [2.75, 3.05) is 25.0 Å². The third-order valence-electron chi connectivity index (χ3n) is 4.89. The first-order chi connectivity index (χ1) is 12.5. The fourth-order valence-electron chi connectivity index (χ4n) is 3.71. The third-order valence-corrected chi connectivity index (χ3v) is 4.89. The number of aromatic nitrogens is 2. The molecular weight excluding hydrogens is 332 g/mol. The molecule has 1 atom stereocenters. The van der Waals surface area contributed by atoms with E-state index in [9.17, 15) is 9.59 Å². The molecule has 1 amide bonds. The van der Waals surface area contributed by atoms with E-state index >= 15 is 0 Å². The lowest BCUT2D eigenvalue weighted by atomic mass is 9.92. The van der Waals surface area contributed by atoms with Gasteiger partial charge in [0.25, 0.3) is 11.5 Å². The first-order valence-electron chi connectivity index (χ1n) is 8.58. The molecular formula is C19H20N4O3. The summed E-state index contributed by atoms with van der Waals surface area (Å²) in [6.07, 6.45) is 2.18. The van der Waals surface area contributed by atoms with Crippen molar-refractivity contribution >= 4 is 22.7 Å². The third kappa shape index (κ3) is 2.75. The summed E-state index contributed by atoms with van der Waals surface area (Å²) in [5.41, 5.74) is 2.60. The van der Waals surface area contributed by atoms with Gasteiger partial charge in [-0.3, -0.25) is 9.59 Å². The summed E-state index contributed by atoms with van der Waals surface area (Å²) in [7, 11) is 2.06. The average Bonchev–Trinajstić information content (AvgIpc) is 2.97. The number of furan rings is 1. The molecule has 134 valence electrons. The van der Waals surface area contributed by atoms with Gasteiger partial charge in [-0.1, -0.05) is 18.2 Å². The van der Waals surface area contributed by atoms with Crippen LogP contribution in [0.3, 0.4) is 0 Å². The molecule has 0 bridgehead atoms. The maximum Gasteiger partial charge on any atom is 0.262 e. The first kappa shape index (κ1) is 16.4. The number of para-hydroxylation sites is 1. The summed E-state index contributed by atoms with van der Waals surface area (Å²) in [5.74, 6) is 0.391. The van der Waals surface area contributed by atoms with E-state index in [4.69, 9.17) is 4.42 Å². The van der Waals surface area contributed by atoms with Gasteiger partial charge in [0.15, 0.2) is 0 Å². The van der Waals surface area contributed by atoms with E-state index in [1.165, 1.54) is 17.6 Å². The van der Waals surface area contributed by atoms with Crippen LogP contribution in [0, 0.1) is 12.8 Å². The molecule has 1 aliphatic heterocycles. The van der Waals surface area contributed by atoms with Crippen LogP contribution >= 0.6 is 0 Å². The number of hydrogen-bond acceptors (Lipinski definition) is 5. The fraction of sp³-hybridized carbons (Fsp3) is 0.316. The second-order valence-corrected chi connectivity index (χ2v) is 6.73. The molecule has 1 aliphatic rings. The topological polar surface area (TPSA) is 91.2 Å². The predicted octanol–water partition coefficient (Wildman–Crippen LogP) is 1.86. The molecule has 7 nitrogen and oxygen atoms in total. The standard InChI is InChI=1S/C19H20N4O3/c1-11-15(16-18(25)21-10-22-19(16)26-11)17(24)20-8-12-7-13-5-3-4-6-14(13)23(2)9-12/h3-6,10,12H,7-9H2,1-2H3,(H,20,24)(H,21,22,25). The highest BCUT2D eigenvalue weighted by Gasteiger charge is 2.25. The van der Waals surface area contributed by atoms with Crippen molar-refractivity contribution in [2.45, 2.75) is 13.3 Å². The number of nitrogens with zero attached hydrogens (tertiary/aromatic N) is 2.